The van der Waals surface area contributed by atoms with Gasteiger partial charge in [0.25, 0.3) is 5.91 Å². The fourth-order valence-corrected chi connectivity index (χ4v) is 3.64. The molecule has 0 bridgehead atoms. The van der Waals surface area contributed by atoms with Gasteiger partial charge in [0, 0.05) is 25.6 Å². The van der Waals surface area contributed by atoms with Crippen LogP contribution < -0.4 is 4.74 Å². The highest BCUT2D eigenvalue weighted by atomic mass is 19.1. The van der Waals surface area contributed by atoms with Crippen molar-refractivity contribution in [3.8, 4) is 5.75 Å². The molecule has 30 heavy (non-hydrogen) atoms. The van der Waals surface area contributed by atoms with E-state index in [-0.39, 0.29) is 24.2 Å². The first-order chi connectivity index (χ1) is 14.6. The minimum Gasteiger partial charge on any atom is -0.484 e. The van der Waals surface area contributed by atoms with Crippen molar-refractivity contribution in [2.24, 2.45) is 0 Å². The predicted octanol–water partition coefficient (Wildman–Crippen LogP) is 4.33. The van der Waals surface area contributed by atoms with Gasteiger partial charge in [0.05, 0.1) is 12.1 Å². The van der Waals surface area contributed by atoms with Gasteiger partial charge in [-0.3, -0.25) is 4.79 Å². The van der Waals surface area contributed by atoms with Crippen LogP contribution in [0.5, 0.6) is 5.75 Å². The highest BCUT2D eigenvalue weighted by Gasteiger charge is 2.28. The Morgan fingerprint density at radius 3 is 2.77 bits per heavy atom. The van der Waals surface area contributed by atoms with Crippen molar-refractivity contribution >= 4 is 5.91 Å². The lowest BCUT2D eigenvalue weighted by Crippen LogP contribution is -2.41. The Bertz CT molecular complexity index is 1020. The van der Waals surface area contributed by atoms with Gasteiger partial charge in [-0.2, -0.15) is 0 Å². The number of carbonyl (C=O) groups excluding carboxylic acids is 1. The molecule has 1 fully saturated rings. The number of carbonyl (C=O) groups is 1. The van der Waals surface area contributed by atoms with E-state index in [1.807, 2.05) is 6.07 Å². The van der Waals surface area contributed by atoms with Gasteiger partial charge < -0.3 is 14.1 Å². The molecule has 1 aliphatic heterocycles. The largest absolute Gasteiger partial charge is 0.484 e. The van der Waals surface area contributed by atoms with Crippen LogP contribution in [0.25, 0.3) is 0 Å². The second-order valence-corrected chi connectivity index (χ2v) is 7.40. The number of oxazole rings is 1. The van der Waals surface area contributed by atoms with Gasteiger partial charge in [0.1, 0.15) is 23.1 Å². The molecule has 4 rings (SSSR count). The van der Waals surface area contributed by atoms with Crippen molar-refractivity contribution in [2.45, 2.75) is 25.2 Å². The average molecular weight is 412 g/mol. The summed E-state index contributed by atoms with van der Waals surface area (Å²) in [7, 11) is 0. The average Bonchev–Trinajstić information content (AvgIpc) is 3.21. The highest BCUT2D eigenvalue weighted by Crippen LogP contribution is 2.27. The van der Waals surface area contributed by atoms with Crippen LogP contribution in [0, 0.1) is 11.6 Å². The van der Waals surface area contributed by atoms with Crippen LogP contribution in [0.3, 0.4) is 0 Å². The Morgan fingerprint density at radius 1 is 1.17 bits per heavy atom. The molecule has 1 unspecified atom stereocenters. The first kappa shape index (κ1) is 20.1. The van der Waals surface area contributed by atoms with Crippen LogP contribution in [-0.2, 0) is 11.2 Å². The third kappa shape index (κ3) is 5.03. The molecule has 1 saturated heterocycles. The van der Waals surface area contributed by atoms with E-state index in [2.05, 4.69) is 4.98 Å². The van der Waals surface area contributed by atoms with Crippen LogP contribution in [0.1, 0.15) is 36.0 Å². The lowest BCUT2D eigenvalue weighted by atomic mass is 9.98. The van der Waals surface area contributed by atoms with Crippen molar-refractivity contribution in [3.63, 3.8) is 0 Å². The van der Waals surface area contributed by atoms with E-state index in [9.17, 15) is 13.6 Å². The Hall–Kier alpha value is -3.22. The van der Waals surface area contributed by atoms with Crippen LogP contribution in [-0.4, -0.2) is 35.5 Å². The molecule has 0 radical (unpaired) electrons. The molecule has 2 heterocycles. The third-order valence-electron chi connectivity index (χ3n) is 5.12. The predicted molar refractivity (Wildman–Crippen MR) is 106 cm³/mol. The molecule has 7 heteroatoms. The number of ether oxygens (including phenoxy) is 1. The van der Waals surface area contributed by atoms with Crippen LogP contribution in [0.2, 0.25) is 0 Å². The summed E-state index contributed by atoms with van der Waals surface area (Å²) in [5.74, 6) is 0.726. The van der Waals surface area contributed by atoms with Gasteiger partial charge >= 0.3 is 0 Å². The van der Waals surface area contributed by atoms with E-state index in [4.69, 9.17) is 9.15 Å². The molecule has 5 nitrogen and oxygen atoms in total. The number of likely N-dealkylation sites (tertiary alicyclic amines) is 1. The van der Waals surface area contributed by atoms with E-state index in [1.54, 1.807) is 23.2 Å². The summed E-state index contributed by atoms with van der Waals surface area (Å²) in [5.41, 5.74) is 0.813. The summed E-state index contributed by atoms with van der Waals surface area (Å²) in [4.78, 5) is 18.6. The first-order valence-corrected chi connectivity index (χ1v) is 9.92. The molecule has 0 saturated carbocycles. The normalized spacial score (nSPS) is 16.5. The second kappa shape index (κ2) is 9.07. The lowest BCUT2D eigenvalue weighted by Gasteiger charge is -2.31. The maximum absolute atomic E-state index is 13.4. The number of piperidine rings is 1. The maximum atomic E-state index is 13.4. The monoisotopic (exact) mass is 412 g/mol. The zero-order chi connectivity index (χ0) is 20.9. The van der Waals surface area contributed by atoms with Crippen molar-refractivity contribution in [3.05, 3.63) is 83.6 Å². The number of aromatic nitrogens is 1. The maximum Gasteiger partial charge on any atom is 0.260 e. The number of nitrogens with zero attached hydrogens (tertiary/aromatic N) is 2. The Morgan fingerprint density at radius 2 is 1.97 bits per heavy atom. The summed E-state index contributed by atoms with van der Waals surface area (Å²) in [6.07, 6.45) is 3.82. The second-order valence-electron chi connectivity index (χ2n) is 7.40. The molecular weight excluding hydrogens is 390 g/mol. The molecular formula is C23H22F2N2O3. The minimum atomic E-state index is -0.407. The van der Waals surface area contributed by atoms with E-state index in [1.165, 1.54) is 30.3 Å². The number of rotatable bonds is 6. The quantitative estimate of drug-likeness (QED) is 0.605. The third-order valence-corrected chi connectivity index (χ3v) is 5.12. The van der Waals surface area contributed by atoms with Gasteiger partial charge in [-0.1, -0.05) is 18.2 Å². The van der Waals surface area contributed by atoms with E-state index >= 15 is 0 Å². The molecule has 0 N–H and O–H groups in total. The lowest BCUT2D eigenvalue weighted by molar-refractivity contribution is -0.134. The topological polar surface area (TPSA) is 55.6 Å². The number of benzene rings is 2. The molecule has 156 valence electrons. The summed E-state index contributed by atoms with van der Waals surface area (Å²) < 4.78 is 37.9. The van der Waals surface area contributed by atoms with Crippen molar-refractivity contribution < 1.29 is 22.7 Å². The van der Waals surface area contributed by atoms with Gasteiger partial charge in [-0.05, 0) is 42.7 Å². The molecule has 1 aliphatic rings. The molecule has 1 atom stereocenters. The number of amides is 1. The van der Waals surface area contributed by atoms with Crippen molar-refractivity contribution in [1.29, 1.82) is 0 Å². The van der Waals surface area contributed by atoms with E-state index in [0.717, 1.165) is 18.4 Å². The summed E-state index contributed by atoms with van der Waals surface area (Å²) in [6, 6.07) is 12.1. The highest BCUT2D eigenvalue weighted by molar-refractivity contribution is 5.78. The van der Waals surface area contributed by atoms with Crippen LogP contribution in [0.4, 0.5) is 8.78 Å². The van der Waals surface area contributed by atoms with Crippen LogP contribution in [0.15, 0.2) is 59.1 Å². The first-order valence-electron chi connectivity index (χ1n) is 9.92. The fourth-order valence-electron chi connectivity index (χ4n) is 3.64. The van der Waals surface area contributed by atoms with Crippen LogP contribution >= 0.6 is 0 Å². The van der Waals surface area contributed by atoms with Gasteiger partial charge in [-0.25, -0.2) is 13.8 Å². The standard InChI is InChI=1S/C23H22F2N2O3/c24-18-6-1-4-16(10-18)11-21-13-26-23(30-21)17-5-3-9-27(14-17)22(28)15-29-20-8-2-7-19(25)12-20/h1-2,4,6-8,10,12-13,17H,3,5,9,11,14-15H2. The van der Waals surface area contributed by atoms with E-state index < -0.39 is 5.82 Å². The fraction of sp³-hybridized carbons (Fsp3) is 0.304. The smallest absolute Gasteiger partial charge is 0.260 e. The molecule has 2 aromatic carbocycles. The summed E-state index contributed by atoms with van der Waals surface area (Å²) in [6.45, 7) is 0.983. The van der Waals surface area contributed by atoms with Crippen molar-refractivity contribution in [1.82, 2.24) is 9.88 Å². The SMILES string of the molecule is O=C(COc1cccc(F)c1)N1CCCC(c2ncc(Cc3cccc(F)c3)o2)C1. The Balaban J connectivity index is 1.34. The zero-order valence-corrected chi connectivity index (χ0v) is 16.4. The number of halogens is 2. The minimum absolute atomic E-state index is 0.00173. The molecule has 0 spiro atoms. The summed E-state index contributed by atoms with van der Waals surface area (Å²) in [5, 5.41) is 0. The summed E-state index contributed by atoms with van der Waals surface area (Å²) >= 11 is 0. The molecule has 1 aromatic heterocycles. The molecule has 1 amide bonds. The Labute approximate surface area is 173 Å². The molecule has 0 aliphatic carbocycles. The van der Waals surface area contributed by atoms with E-state index in [0.29, 0.717) is 36.9 Å². The number of hydrogen-bond donors (Lipinski definition) is 0. The Kier molecular flexibility index (Phi) is 6.07. The van der Waals surface area contributed by atoms with Crippen molar-refractivity contribution in [2.75, 3.05) is 19.7 Å². The molecule has 3 aromatic rings. The number of hydrogen-bond acceptors (Lipinski definition) is 4. The van der Waals surface area contributed by atoms with Gasteiger partial charge in [-0.15, -0.1) is 0 Å². The van der Waals surface area contributed by atoms with Gasteiger partial charge in [0.15, 0.2) is 12.5 Å². The zero-order valence-electron chi connectivity index (χ0n) is 16.4. The van der Waals surface area contributed by atoms with Gasteiger partial charge in [0.2, 0.25) is 0 Å².